The van der Waals surface area contributed by atoms with Gasteiger partial charge in [-0.1, -0.05) is 19.1 Å². The molecule has 1 aromatic carbocycles. The van der Waals surface area contributed by atoms with Gasteiger partial charge in [0.15, 0.2) is 0 Å². The summed E-state index contributed by atoms with van der Waals surface area (Å²) in [7, 11) is 1.61. The van der Waals surface area contributed by atoms with Gasteiger partial charge in [-0.05, 0) is 25.6 Å². The van der Waals surface area contributed by atoms with Crippen LogP contribution in [0, 0.1) is 0 Å². The maximum Gasteiger partial charge on any atom is 0.239 e. The predicted molar refractivity (Wildman–Crippen MR) is 77.6 cm³/mol. The molecule has 5 heteroatoms. The number of carbonyl (C=O) groups excluding carboxylic acids is 1. The van der Waals surface area contributed by atoms with E-state index in [1.54, 1.807) is 7.11 Å². The van der Waals surface area contributed by atoms with Crippen LogP contribution in [0.2, 0.25) is 0 Å². The average molecular weight is 265 g/mol. The number of nitrogens with one attached hydrogen (secondary N) is 3. The topological polar surface area (TPSA) is 62.4 Å². The van der Waals surface area contributed by atoms with Gasteiger partial charge in [0, 0.05) is 12.6 Å². The van der Waals surface area contributed by atoms with Crippen molar-refractivity contribution >= 4 is 11.6 Å². The van der Waals surface area contributed by atoms with Crippen LogP contribution in [-0.2, 0) is 4.79 Å². The van der Waals surface area contributed by atoms with Gasteiger partial charge in [0.2, 0.25) is 5.91 Å². The third kappa shape index (κ3) is 5.61. The number of likely N-dealkylation sites (N-methyl/N-ethyl adjacent to an activating group) is 1. The Morgan fingerprint density at radius 3 is 2.79 bits per heavy atom. The van der Waals surface area contributed by atoms with Crippen LogP contribution < -0.4 is 20.7 Å². The van der Waals surface area contributed by atoms with Crippen molar-refractivity contribution in [2.45, 2.75) is 19.9 Å². The number of benzene rings is 1. The van der Waals surface area contributed by atoms with Crippen LogP contribution in [0.3, 0.4) is 0 Å². The van der Waals surface area contributed by atoms with E-state index in [1.165, 1.54) is 0 Å². The summed E-state index contributed by atoms with van der Waals surface area (Å²) >= 11 is 0. The molecule has 106 valence electrons. The van der Waals surface area contributed by atoms with Gasteiger partial charge in [-0.15, -0.1) is 0 Å². The maximum atomic E-state index is 11.7. The zero-order valence-corrected chi connectivity index (χ0v) is 11.8. The Morgan fingerprint density at radius 1 is 1.37 bits per heavy atom. The average Bonchev–Trinajstić information content (AvgIpc) is 2.43. The van der Waals surface area contributed by atoms with Gasteiger partial charge in [0.25, 0.3) is 0 Å². The van der Waals surface area contributed by atoms with Gasteiger partial charge < -0.3 is 20.7 Å². The van der Waals surface area contributed by atoms with Crippen LogP contribution in [0.25, 0.3) is 0 Å². The van der Waals surface area contributed by atoms with E-state index in [4.69, 9.17) is 4.74 Å². The number of para-hydroxylation sites is 2. The van der Waals surface area contributed by atoms with Gasteiger partial charge in [-0.25, -0.2) is 0 Å². The Labute approximate surface area is 114 Å². The lowest BCUT2D eigenvalue weighted by atomic mass is 10.3. The summed E-state index contributed by atoms with van der Waals surface area (Å²) in [5, 5.41) is 9.17. The summed E-state index contributed by atoms with van der Waals surface area (Å²) in [6.45, 7) is 5.84. The highest BCUT2D eigenvalue weighted by molar-refractivity contribution is 5.81. The van der Waals surface area contributed by atoms with E-state index in [1.807, 2.05) is 38.1 Å². The van der Waals surface area contributed by atoms with Crippen LogP contribution in [0.5, 0.6) is 5.75 Å². The first kappa shape index (κ1) is 15.3. The third-order valence-corrected chi connectivity index (χ3v) is 2.70. The van der Waals surface area contributed by atoms with E-state index in [9.17, 15) is 4.79 Å². The van der Waals surface area contributed by atoms with Crippen molar-refractivity contribution in [1.29, 1.82) is 0 Å². The molecule has 0 aliphatic rings. The first-order valence-corrected chi connectivity index (χ1v) is 6.54. The molecule has 0 radical (unpaired) electrons. The van der Waals surface area contributed by atoms with E-state index in [0.717, 1.165) is 18.0 Å². The van der Waals surface area contributed by atoms with Crippen molar-refractivity contribution in [3.63, 3.8) is 0 Å². The molecule has 3 N–H and O–H groups in total. The first-order chi connectivity index (χ1) is 9.17. The minimum atomic E-state index is -0.0318. The van der Waals surface area contributed by atoms with Crippen LogP contribution in [0.15, 0.2) is 24.3 Å². The predicted octanol–water partition coefficient (Wildman–Crippen LogP) is 1.22. The second-order valence-corrected chi connectivity index (χ2v) is 4.32. The minimum absolute atomic E-state index is 0.0318. The third-order valence-electron chi connectivity index (χ3n) is 2.70. The second-order valence-electron chi connectivity index (χ2n) is 4.32. The van der Waals surface area contributed by atoms with Crippen LogP contribution >= 0.6 is 0 Å². The molecule has 0 aliphatic carbocycles. The molecule has 0 saturated heterocycles. The normalized spacial score (nSPS) is 11.7. The largest absolute Gasteiger partial charge is 0.495 e. The molecule has 0 saturated carbocycles. The quantitative estimate of drug-likeness (QED) is 0.661. The highest BCUT2D eigenvalue weighted by atomic mass is 16.5. The van der Waals surface area contributed by atoms with Crippen LogP contribution in [0.1, 0.15) is 13.8 Å². The number of hydrogen-bond donors (Lipinski definition) is 3. The highest BCUT2D eigenvalue weighted by Gasteiger charge is 2.06. The Kier molecular flexibility index (Phi) is 6.74. The van der Waals surface area contributed by atoms with Crippen LogP contribution in [0.4, 0.5) is 5.69 Å². The molecule has 1 amide bonds. The lowest BCUT2D eigenvalue weighted by Crippen LogP contribution is -2.40. The minimum Gasteiger partial charge on any atom is -0.495 e. The van der Waals surface area contributed by atoms with Crippen molar-refractivity contribution in [3.8, 4) is 5.75 Å². The van der Waals surface area contributed by atoms with E-state index >= 15 is 0 Å². The lowest BCUT2D eigenvalue weighted by molar-refractivity contribution is -0.119. The summed E-state index contributed by atoms with van der Waals surface area (Å²) in [4.78, 5) is 11.7. The standard InChI is InChI=1S/C14H23N3O2/c1-4-15-11(2)9-17-14(18)10-16-12-7-5-6-8-13(12)19-3/h5-8,11,15-16H,4,9-10H2,1-3H3,(H,17,18)/t11-/m1/s1. The van der Waals surface area contributed by atoms with Gasteiger partial charge in [0.05, 0.1) is 19.3 Å². The zero-order chi connectivity index (χ0) is 14.1. The fourth-order valence-corrected chi connectivity index (χ4v) is 1.72. The van der Waals surface area contributed by atoms with Gasteiger partial charge in [-0.3, -0.25) is 4.79 Å². The Balaban J connectivity index is 2.33. The van der Waals surface area contributed by atoms with Crippen molar-refractivity contribution in [2.24, 2.45) is 0 Å². The molecule has 1 rings (SSSR count). The van der Waals surface area contributed by atoms with E-state index < -0.39 is 0 Å². The van der Waals surface area contributed by atoms with Crippen molar-refractivity contribution in [1.82, 2.24) is 10.6 Å². The lowest BCUT2D eigenvalue weighted by Gasteiger charge is -2.14. The van der Waals surface area contributed by atoms with Crippen molar-refractivity contribution < 1.29 is 9.53 Å². The molecule has 1 aromatic rings. The molecule has 5 nitrogen and oxygen atoms in total. The molecule has 0 spiro atoms. The Hall–Kier alpha value is -1.75. The molecular formula is C14H23N3O2. The van der Waals surface area contributed by atoms with E-state index in [2.05, 4.69) is 16.0 Å². The summed E-state index contributed by atoms with van der Waals surface area (Å²) in [5.74, 6) is 0.701. The van der Waals surface area contributed by atoms with Crippen molar-refractivity contribution in [3.05, 3.63) is 24.3 Å². The van der Waals surface area contributed by atoms with Gasteiger partial charge in [0.1, 0.15) is 5.75 Å². The van der Waals surface area contributed by atoms with E-state index in [0.29, 0.717) is 6.54 Å². The number of rotatable bonds is 8. The number of ether oxygens (including phenoxy) is 1. The monoisotopic (exact) mass is 265 g/mol. The molecule has 0 aliphatic heterocycles. The fourth-order valence-electron chi connectivity index (χ4n) is 1.72. The van der Waals surface area contributed by atoms with Gasteiger partial charge >= 0.3 is 0 Å². The zero-order valence-electron chi connectivity index (χ0n) is 11.8. The molecule has 1 atom stereocenters. The molecule has 19 heavy (non-hydrogen) atoms. The molecule has 0 fully saturated rings. The summed E-state index contributed by atoms with van der Waals surface area (Å²) in [6.07, 6.45) is 0. The van der Waals surface area contributed by atoms with Crippen molar-refractivity contribution in [2.75, 3.05) is 32.1 Å². The number of carbonyl (C=O) groups is 1. The smallest absolute Gasteiger partial charge is 0.239 e. The number of hydrogen-bond acceptors (Lipinski definition) is 4. The molecule has 0 heterocycles. The first-order valence-electron chi connectivity index (χ1n) is 6.54. The Bertz CT molecular complexity index is 396. The number of methoxy groups -OCH3 is 1. The number of anilines is 1. The fraction of sp³-hybridized carbons (Fsp3) is 0.500. The Morgan fingerprint density at radius 2 is 2.11 bits per heavy atom. The summed E-state index contributed by atoms with van der Waals surface area (Å²) < 4.78 is 5.20. The van der Waals surface area contributed by atoms with Gasteiger partial charge in [-0.2, -0.15) is 0 Å². The molecular weight excluding hydrogens is 242 g/mol. The molecule has 0 unspecified atom stereocenters. The SMILES string of the molecule is CCN[C@H](C)CNC(=O)CNc1ccccc1OC. The molecule has 0 aromatic heterocycles. The summed E-state index contributed by atoms with van der Waals surface area (Å²) in [5.41, 5.74) is 0.819. The van der Waals surface area contributed by atoms with E-state index in [-0.39, 0.29) is 18.5 Å². The maximum absolute atomic E-state index is 11.7. The van der Waals surface area contributed by atoms with Crippen LogP contribution in [-0.4, -0.2) is 38.7 Å². The second kappa shape index (κ2) is 8.37. The number of amides is 1. The summed E-state index contributed by atoms with van der Waals surface area (Å²) in [6, 6.07) is 7.80. The molecule has 0 bridgehead atoms. The highest BCUT2D eigenvalue weighted by Crippen LogP contribution is 2.22.